The zero-order chi connectivity index (χ0) is 44.0. The Morgan fingerprint density at radius 1 is 0.424 bits per heavy atom. The molecule has 9 aromatic carbocycles. The van der Waals surface area contributed by atoms with Gasteiger partial charge < -0.3 is 9.32 Å². The third kappa shape index (κ3) is 5.67. The van der Waals surface area contributed by atoms with E-state index in [1.54, 1.807) is 0 Å². The fraction of sp³-hybridized carbons (Fsp3) is 0.0938. The standard InChI is InChI=1S/C64H47NO/c1-63(2)55-21-9-11-23-57(55)64(58-24-12-10-22-56(58)63)54-20-8-6-18-53(54)62-50(19-14-25-59(62)64)45-31-38-49(39-32-45)65(47-34-27-43(28-35-47)42-15-4-3-5-16-42)48-36-29-44(30-37-48)46-33-40-52-51-17-7-13-26-60(51)66-61(52)41-46/h3-7,9-19,21-41H,8,20H2,1-2H3. The molecular weight excluding hydrogens is 799 g/mol. The highest BCUT2D eigenvalue weighted by molar-refractivity contribution is 6.06. The number of hydrogen-bond acceptors (Lipinski definition) is 2. The second kappa shape index (κ2) is 14.8. The summed E-state index contributed by atoms with van der Waals surface area (Å²) in [7, 11) is 0. The van der Waals surface area contributed by atoms with Gasteiger partial charge in [0.2, 0.25) is 0 Å². The van der Waals surface area contributed by atoms with Crippen LogP contribution in [0.4, 0.5) is 17.1 Å². The summed E-state index contributed by atoms with van der Waals surface area (Å²) in [5.74, 6) is 0. The van der Waals surface area contributed by atoms with E-state index in [2.05, 4.69) is 231 Å². The summed E-state index contributed by atoms with van der Waals surface area (Å²) in [5, 5.41) is 2.29. The Labute approximate surface area is 386 Å². The van der Waals surface area contributed by atoms with Crippen LogP contribution in [0.1, 0.15) is 60.1 Å². The van der Waals surface area contributed by atoms with Crippen LogP contribution in [-0.2, 0) is 10.8 Å². The predicted molar refractivity (Wildman–Crippen MR) is 275 cm³/mol. The molecule has 314 valence electrons. The summed E-state index contributed by atoms with van der Waals surface area (Å²) < 4.78 is 6.28. The first-order valence-corrected chi connectivity index (χ1v) is 23.3. The molecule has 0 amide bonds. The molecule has 3 aliphatic rings. The van der Waals surface area contributed by atoms with E-state index in [-0.39, 0.29) is 10.8 Å². The summed E-state index contributed by atoms with van der Waals surface area (Å²) in [5.41, 5.74) is 23.2. The molecule has 0 unspecified atom stereocenters. The van der Waals surface area contributed by atoms with Crippen LogP contribution in [0.5, 0.6) is 0 Å². The van der Waals surface area contributed by atoms with Crippen LogP contribution in [-0.4, -0.2) is 0 Å². The summed E-state index contributed by atoms with van der Waals surface area (Å²) in [6.07, 6.45) is 6.89. The lowest BCUT2D eigenvalue weighted by molar-refractivity contribution is 0.550. The lowest BCUT2D eigenvalue weighted by Crippen LogP contribution is -2.41. The Morgan fingerprint density at radius 3 is 1.61 bits per heavy atom. The number of para-hydroxylation sites is 1. The molecule has 0 bridgehead atoms. The minimum atomic E-state index is -0.346. The highest BCUT2D eigenvalue weighted by Gasteiger charge is 2.54. The van der Waals surface area contributed by atoms with E-state index in [1.165, 1.54) is 66.8 Å². The minimum Gasteiger partial charge on any atom is -0.456 e. The number of furan rings is 1. The molecule has 0 fully saturated rings. The van der Waals surface area contributed by atoms with Gasteiger partial charge in [-0.05, 0) is 145 Å². The van der Waals surface area contributed by atoms with Gasteiger partial charge in [-0.2, -0.15) is 0 Å². The van der Waals surface area contributed by atoms with Crippen LogP contribution in [0, 0.1) is 0 Å². The van der Waals surface area contributed by atoms with Gasteiger partial charge in [-0.15, -0.1) is 0 Å². The van der Waals surface area contributed by atoms with Gasteiger partial charge in [0.25, 0.3) is 0 Å². The van der Waals surface area contributed by atoms with Crippen molar-refractivity contribution in [3.63, 3.8) is 0 Å². The molecule has 0 radical (unpaired) electrons. The fourth-order valence-electron chi connectivity index (χ4n) is 11.8. The molecule has 0 saturated carbocycles. The van der Waals surface area contributed by atoms with Gasteiger partial charge >= 0.3 is 0 Å². The normalized spacial score (nSPS) is 15.1. The van der Waals surface area contributed by atoms with Crippen LogP contribution in [0.3, 0.4) is 0 Å². The van der Waals surface area contributed by atoms with Crippen LogP contribution in [0.2, 0.25) is 0 Å². The van der Waals surface area contributed by atoms with Crippen LogP contribution >= 0.6 is 0 Å². The molecule has 1 heterocycles. The van der Waals surface area contributed by atoms with Crippen molar-refractivity contribution in [3.8, 4) is 33.4 Å². The Kier molecular flexibility index (Phi) is 8.64. The maximum Gasteiger partial charge on any atom is 0.136 e. The van der Waals surface area contributed by atoms with Crippen molar-refractivity contribution in [1.29, 1.82) is 0 Å². The lowest BCUT2D eigenvalue weighted by atomic mass is 9.54. The Hall–Kier alpha value is -7.94. The van der Waals surface area contributed by atoms with E-state index in [9.17, 15) is 0 Å². The number of anilines is 3. The topological polar surface area (TPSA) is 16.4 Å². The molecular formula is C64H47NO. The molecule has 2 heteroatoms. The van der Waals surface area contributed by atoms with Crippen molar-refractivity contribution in [2.75, 3.05) is 4.90 Å². The smallest absolute Gasteiger partial charge is 0.136 e. The van der Waals surface area contributed by atoms with Crippen LogP contribution in [0.15, 0.2) is 234 Å². The molecule has 0 N–H and O–H groups in total. The largest absolute Gasteiger partial charge is 0.456 e. The average Bonchev–Trinajstić information content (AvgIpc) is 3.90. The van der Waals surface area contributed by atoms with Crippen molar-refractivity contribution >= 4 is 44.6 Å². The third-order valence-electron chi connectivity index (χ3n) is 14.9. The second-order valence-corrected chi connectivity index (χ2v) is 18.7. The number of nitrogens with zero attached hydrogens (tertiary/aromatic N) is 1. The van der Waals surface area contributed by atoms with Gasteiger partial charge in [-0.25, -0.2) is 0 Å². The quantitative estimate of drug-likeness (QED) is 0.166. The molecule has 10 aromatic rings. The molecule has 13 rings (SSSR count). The van der Waals surface area contributed by atoms with Gasteiger partial charge in [0.15, 0.2) is 0 Å². The van der Waals surface area contributed by atoms with Crippen LogP contribution < -0.4 is 4.90 Å². The van der Waals surface area contributed by atoms with E-state index in [0.29, 0.717) is 0 Å². The Morgan fingerprint density at radius 2 is 0.939 bits per heavy atom. The summed E-state index contributed by atoms with van der Waals surface area (Å²) >= 11 is 0. The molecule has 0 atom stereocenters. The zero-order valence-electron chi connectivity index (χ0n) is 37.1. The molecule has 1 spiro atoms. The molecule has 66 heavy (non-hydrogen) atoms. The van der Waals surface area contributed by atoms with Crippen molar-refractivity contribution in [2.24, 2.45) is 0 Å². The van der Waals surface area contributed by atoms with Gasteiger partial charge in [0.1, 0.15) is 11.2 Å². The maximum atomic E-state index is 6.28. The molecule has 0 saturated heterocycles. The van der Waals surface area contributed by atoms with Crippen molar-refractivity contribution in [1.82, 2.24) is 0 Å². The Bertz CT molecular complexity index is 3540. The number of rotatable bonds is 6. The van der Waals surface area contributed by atoms with E-state index in [1.807, 2.05) is 12.1 Å². The van der Waals surface area contributed by atoms with E-state index in [0.717, 1.165) is 63.0 Å². The number of hydrogen-bond donors (Lipinski definition) is 0. The molecule has 3 aliphatic carbocycles. The van der Waals surface area contributed by atoms with E-state index >= 15 is 0 Å². The van der Waals surface area contributed by atoms with Crippen molar-refractivity contribution in [3.05, 3.63) is 263 Å². The first-order chi connectivity index (χ1) is 32.5. The van der Waals surface area contributed by atoms with Gasteiger partial charge in [0, 0.05) is 33.2 Å². The molecule has 2 nitrogen and oxygen atoms in total. The summed E-state index contributed by atoms with van der Waals surface area (Å²) in [6, 6.07) is 78.2. The lowest BCUT2D eigenvalue weighted by Gasteiger charge is -2.47. The third-order valence-corrected chi connectivity index (χ3v) is 14.9. The summed E-state index contributed by atoms with van der Waals surface area (Å²) in [4.78, 5) is 2.37. The van der Waals surface area contributed by atoms with Gasteiger partial charge in [0.05, 0.1) is 5.41 Å². The first kappa shape index (κ1) is 38.5. The van der Waals surface area contributed by atoms with Gasteiger partial charge in [-0.1, -0.05) is 184 Å². The van der Waals surface area contributed by atoms with E-state index in [4.69, 9.17) is 4.42 Å². The number of allylic oxidation sites excluding steroid dienone is 4. The zero-order valence-corrected chi connectivity index (χ0v) is 37.1. The Balaban J connectivity index is 0.920. The van der Waals surface area contributed by atoms with Crippen molar-refractivity contribution in [2.45, 2.75) is 37.5 Å². The highest BCUT2D eigenvalue weighted by Crippen LogP contribution is 2.64. The monoisotopic (exact) mass is 845 g/mol. The van der Waals surface area contributed by atoms with Crippen molar-refractivity contribution < 1.29 is 4.42 Å². The summed E-state index contributed by atoms with van der Waals surface area (Å²) in [6.45, 7) is 4.80. The number of benzene rings is 9. The first-order valence-electron chi connectivity index (χ1n) is 23.3. The van der Waals surface area contributed by atoms with Gasteiger partial charge in [-0.3, -0.25) is 0 Å². The highest BCUT2D eigenvalue weighted by atomic mass is 16.3. The minimum absolute atomic E-state index is 0.113. The van der Waals surface area contributed by atoms with Crippen LogP contribution in [0.25, 0.3) is 60.9 Å². The SMILES string of the molecule is CC1(C)c2ccccc2C2(C3=C(C=CCC3)c3c(-c4ccc(N(c5ccc(-c6ccccc6)cc5)c5ccc(-c6ccc7c(c6)oc6ccccc67)cc5)cc4)cccc32)c2ccccc21. The predicted octanol–water partition coefficient (Wildman–Crippen LogP) is 17.1. The molecule has 0 aliphatic heterocycles. The average molecular weight is 846 g/mol. The maximum absolute atomic E-state index is 6.28. The molecule has 1 aromatic heterocycles. The van der Waals surface area contributed by atoms with E-state index < -0.39 is 0 Å². The number of fused-ring (bicyclic) bond motifs is 11. The second-order valence-electron chi connectivity index (χ2n) is 18.7. The fourth-order valence-corrected chi connectivity index (χ4v) is 11.8.